The minimum atomic E-state index is -1.01. The predicted octanol–water partition coefficient (Wildman–Crippen LogP) is 2.19. The quantitative estimate of drug-likeness (QED) is 0.778. The Kier molecular flexibility index (Phi) is 3.90. The highest BCUT2D eigenvalue weighted by Crippen LogP contribution is 2.42. The Morgan fingerprint density at radius 3 is 2.79 bits per heavy atom. The summed E-state index contributed by atoms with van der Waals surface area (Å²) in [5.41, 5.74) is 5.53. The van der Waals surface area contributed by atoms with Crippen molar-refractivity contribution in [2.24, 2.45) is 0 Å². The molecule has 0 radical (unpaired) electrons. The molecule has 0 spiro atoms. The molecule has 0 saturated carbocycles. The molecule has 2 atom stereocenters. The summed E-state index contributed by atoms with van der Waals surface area (Å²) in [5, 5.41) is 20.0. The number of pyridine rings is 1. The molecule has 1 aromatic heterocycles. The molecule has 0 saturated heterocycles. The lowest BCUT2D eigenvalue weighted by Crippen LogP contribution is -2.52. The number of benzene rings is 1. The minimum absolute atomic E-state index is 0.0684. The number of hydrogen-bond donors (Lipinski definition) is 2. The Morgan fingerprint density at radius 1 is 1.42 bits per heavy atom. The third kappa shape index (κ3) is 2.58. The van der Waals surface area contributed by atoms with Crippen LogP contribution in [-0.2, 0) is 0 Å². The number of rotatable bonds is 1. The first-order chi connectivity index (χ1) is 11.2. The summed E-state index contributed by atoms with van der Waals surface area (Å²) in [6, 6.07) is 7.81. The zero-order valence-electron chi connectivity index (χ0n) is 13.2. The lowest BCUT2D eigenvalue weighted by molar-refractivity contribution is -0.0642. The van der Waals surface area contributed by atoms with Gasteiger partial charge in [-0.25, -0.2) is 0 Å². The molecule has 2 unspecified atom stereocenters. The van der Waals surface area contributed by atoms with Crippen molar-refractivity contribution >= 4 is 21.6 Å². The first-order valence-electron chi connectivity index (χ1n) is 7.33. The molecule has 0 fully saturated rings. The Morgan fingerprint density at radius 2 is 2.12 bits per heavy atom. The van der Waals surface area contributed by atoms with Crippen LogP contribution in [0.1, 0.15) is 31.0 Å². The van der Waals surface area contributed by atoms with Gasteiger partial charge in [-0.05, 0) is 54.0 Å². The molecule has 2 heterocycles. The van der Waals surface area contributed by atoms with E-state index in [1.807, 2.05) is 0 Å². The highest BCUT2D eigenvalue weighted by Gasteiger charge is 2.44. The first-order valence-corrected chi connectivity index (χ1v) is 8.12. The second-order valence-electron chi connectivity index (χ2n) is 6.29. The van der Waals surface area contributed by atoms with Crippen molar-refractivity contribution in [1.82, 2.24) is 4.57 Å². The molecule has 0 aliphatic carbocycles. The monoisotopic (exact) mass is 389 g/mol. The van der Waals surface area contributed by atoms with Crippen molar-refractivity contribution in [1.29, 1.82) is 5.26 Å². The minimum Gasteiger partial charge on any atom is -0.485 e. The average molecular weight is 390 g/mol. The zero-order valence-corrected chi connectivity index (χ0v) is 14.7. The number of aromatic nitrogens is 1. The number of aliphatic hydroxyl groups excluding tert-OH is 1. The van der Waals surface area contributed by atoms with Crippen molar-refractivity contribution in [2.75, 3.05) is 5.73 Å². The van der Waals surface area contributed by atoms with Crippen LogP contribution in [0.5, 0.6) is 5.75 Å². The van der Waals surface area contributed by atoms with E-state index < -0.39 is 23.3 Å². The van der Waals surface area contributed by atoms with Crippen LogP contribution >= 0.6 is 15.9 Å². The molecule has 124 valence electrons. The van der Waals surface area contributed by atoms with Crippen molar-refractivity contribution in [3.05, 3.63) is 56.4 Å². The number of halogens is 1. The van der Waals surface area contributed by atoms with Crippen LogP contribution in [0, 0.1) is 11.3 Å². The largest absolute Gasteiger partial charge is 0.485 e. The maximum Gasteiger partial charge on any atom is 0.274 e. The molecule has 0 bridgehead atoms. The Hall–Kier alpha value is -2.30. The summed E-state index contributed by atoms with van der Waals surface area (Å²) in [6.07, 6.45) is 0.571. The van der Waals surface area contributed by atoms with Crippen molar-refractivity contribution in [3.8, 4) is 11.8 Å². The second kappa shape index (κ2) is 5.65. The Bertz CT molecular complexity index is 914. The number of nitriles is 1. The highest BCUT2D eigenvalue weighted by molar-refractivity contribution is 9.10. The van der Waals surface area contributed by atoms with E-state index in [1.54, 1.807) is 38.2 Å². The molecule has 3 rings (SSSR count). The summed E-state index contributed by atoms with van der Waals surface area (Å²) in [7, 11) is 0. The van der Waals surface area contributed by atoms with Crippen molar-refractivity contribution < 1.29 is 9.84 Å². The van der Waals surface area contributed by atoms with Gasteiger partial charge in [0, 0.05) is 16.2 Å². The van der Waals surface area contributed by atoms with Gasteiger partial charge in [-0.2, -0.15) is 5.26 Å². The molecule has 1 aliphatic rings. The Balaban J connectivity index is 2.31. The summed E-state index contributed by atoms with van der Waals surface area (Å²) in [5.74, 6) is 0.528. The van der Waals surface area contributed by atoms with Crippen LogP contribution in [0.4, 0.5) is 5.69 Å². The third-order valence-corrected chi connectivity index (χ3v) is 4.61. The summed E-state index contributed by atoms with van der Waals surface area (Å²) in [4.78, 5) is 12.5. The van der Waals surface area contributed by atoms with E-state index in [0.717, 1.165) is 0 Å². The van der Waals surface area contributed by atoms with Crippen LogP contribution in [0.3, 0.4) is 0 Å². The SMILES string of the molecule is CC1(C)Oc2ccc(C#N)cc2C(n2cc(Br)cc(N)c2=O)C1O. The molecule has 2 aromatic rings. The van der Waals surface area contributed by atoms with Crippen molar-refractivity contribution in [2.45, 2.75) is 31.6 Å². The molecule has 3 N–H and O–H groups in total. The highest BCUT2D eigenvalue weighted by atomic mass is 79.9. The standard InChI is InChI=1S/C17H16BrN3O3/c1-17(2)15(22)14(21-8-10(18)6-12(20)16(21)23)11-5-9(7-19)3-4-13(11)24-17/h3-6,8,14-15,22H,20H2,1-2H3. The van der Waals surface area contributed by atoms with E-state index in [9.17, 15) is 9.90 Å². The van der Waals surface area contributed by atoms with E-state index in [1.165, 1.54) is 10.6 Å². The number of anilines is 1. The fourth-order valence-electron chi connectivity index (χ4n) is 2.93. The van der Waals surface area contributed by atoms with Gasteiger partial charge in [0.1, 0.15) is 17.5 Å². The van der Waals surface area contributed by atoms with E-state index >= 15 is 0 Å². The summed E-state index contributed by atoms with van der Waals surface area (Å²) < 4.78 is 7.87. The number of hydrogen-bond acceptors (Lipinski definition) is 5. The summed E-state index contributed by atoms with van der Waals surface area (Å²) in [6.45, 7) is 3.50. The molecular weight excluding hydrogens is 374 g/mol. The molecular formula is C17H16BrN3O3. The molecule has 24 heavy (non-hydrogen) atoms. The van der Waals surface area contributed by atoms with Crippen LogP contribution in [-0.4, -0.2) is 21.4 Å². The van der Waals surface area contributed by atoms with Crippen LogP contribution in [0.15, 0.2) is 39.7 Å². The molecule has 0 amide bonds. The van der Waals surface area contributed by atoms with Gasteiger partial charge in [-0.1, -0.05) is 0 Å². The predicted molar refractivity (Wildman–Crippen MR) is 92.8 cm³/mol. The molecule has 1 aliphatic heterocycles. The fourth-order valence-corrected chi connectivity index (χ4v) is 3.40. The maximum atomic E-state index is 12.5. The van der Waals surface area contributed by atoms with Gasteiger partial charge in [0.15, 0.2) is 0 Å². The van der Waals surface area contributed by atoms with E-state index in [4.69, 9.17) is 15.7 Å². The number of fused-ring (bicyclic) bond motifs is 1. The number of aliphatic hydroxyl groups is 1. The lowest BCUT2D eigenvalue weighted by Gasteiger charge is -2.42. The second-order valence-corrected chi connectivity index (χ2v) is 7.20. The zero-order chi connectivity index (χ0) is 17.6. The van der Waals surface area contributed by atoms with Crippen LogP contribution in [0.2, 0.25) is 0 Å². The van der Waals surface area contributed by atoms with Gasteiger partial charge in [0.25, 0.3) is 5.56 Å². The van der Waals surface area contributed by atoms with Crippen molar-refractivity contribution in [3.63, 3.8) is 0 Å². The number of nitrogen functional groups attached to an aromatic ring is 1. The van der Waals surface area contributed by atoms with E-state index in [-0.39, 0.29) is 5.69 Å². The smallest absolute Gasteiger partial charge is 0.274 e. The Labute approximate surface area is 147 Å². The number of nitrogens with zero attached hydrogens (tertiary/aromatic N) is 2. The van der Waals surface area contributed by atoms with Gasteiger partial charge in [-0.15, -0.1) is 0 Å². The van der Waals surface area contributed by atoms with Crippen LogP contribution < -0.4 is 16.0 Å². The third-order valence-electron chi connectivity index (χ3n) is 4.18. The fraction of sp³-hybridized carbons (Fsp3) is 0.294. The number of ether oxygens (including phenoxy) is 1. The first kappa shape index (κ1) is 16.6. The van der Waals surface area contributed by atoms with Crippen LogP contribution in [0.25, 0.3) is 0 Å². The van der Waals surface area contributed by atoms with Gasteiger partial charge in [-0.3, -0.25) is 4.79 Å². The maximum absolute atomic E-state index is 12.5. The van der Waals surface area contributed by atoms with Gasteiger partial charge >= 0.3 is 0 Å². The van der Waals surface area contributed by atoms with E-state index in [0.29, 0.717) is 21.3 Å². The lowest BCUT2D eigenvalue weighted by atomic mass is 9.85. The van der Waals surface area contributed by atoms with Gasteiger partial charge < -0.3 is 20.1 Å². The topological polar surface area (TPSA) is 101 Å². The molecule has 7 heteroatoms. The normalized spacial score (nSPS) is 21.5. The molecule has 6 nitrogen and oxygen atoms in total. The average Bonchev–Trinajstić information content (AvgIpc) is 2.52. The molecule has 1 aromatic carbocycles. The summed E-state index contributed by atoms with van der Waals surface area (Å²) >= 11 is 3.33. The van der Waals surface area contributed by atoms with Gasteiger partial charge in [0.05, 0.1) is 23.4 Å². The number of nitrogens with two attached hydrogens (primary N) is 1. The van der Waals surface area contributed by atoms with E-state index in [2.05, 4.69) is 22.0 Å². The van der Waals surface area contributed by atoms with Gasteiger partial charge in [0.2, 0.25) is 0 Å².